The summed E-state index contributed by atoms with van der Waals surface area (Å²) in [5, 5.41) is 0. The monoisotopic (exact) mass is 129 g/mol. The molecule has 0 fully saturated rings. The lowest BCUT2D eigenvalue weighted by Gasteiger charge is -2.05. The first-order valence-electron chi connectivity index (χ1n) is 3.88. The topological polar surface area (TPSA) is 26.0 Å². The van der Waals surface area contributed by atoms with Gasteiger partial charge in [-0.15, -0.1) is 0 Å². The Kier molecular flexibility index (Phi) is 4.78. The van der Waals surface area contributed by atoms with Gasteiger partial charge in [0.1, 0.15) is 0 Å². The molecule has 0 aromatic carbocycles. The molecular weight excluding hydrogens is 110 g/mol. The SMILES string of the molecule is CC(C)CCC[C@@H](C)N. The maximum atomic E-state index is 5.58. The second kappa shape index (κ2) is 4.80. The third kappa shape index (κ3) is 7.96. The number of hydrogen-bond donors (Lipinski definition) is 1. The molecule has 0 saturated heterocycles. The molecule has 0 aliphatic rings. The third-order valence-corrected chi connectivity index (χ3v) is 1.44. The minimum atomic E-state index is 0.392. The van der Waals surface area contributed by atoms with Crippen LogP contribution in [0.2, 0.25) is 0 Å². The lowest BCUT2D eigenvalue weighted by Crippen LogP contribution is -2.14. The number of nitrogens with two attached hydrogens (primary N) is 1. The number of rotatable bonds is 4. The molecule has 1 atom stereocenters. The molecule has 0 saturated carbocycles. The molecule has 0 aliphatic carbocycles. The largest absolute Gasteiger partial charge is 0.328 e. The molecule has 0 heterocycles. The highest BCUT2D eigenvalue weighted by molar-refractivity contribution is 4.54. The van der Waals surface area contributed by atoms with Gasteiger partial charge >= 0.3 is 0 Å². The van der Waals surface area contributed by atoms with Crippen molar-refractivity contribution in [1.82, 2.24) is 0 Å². The standard InChI is InChI=1S/C8H19N/c1-7(2)5-4-6-8(3)9/h7-8H,4-6,9H2,1-3H3/t8-/m1/s1. The molecule has 0 bridgehead atoms. The summed E-state index contributed by atoms with van der Waals surface area (Å²) < 4.78 is 0. The molecule has 0 aromatic heterocycles. The predicted octanol–water partition coefficient (Wildman–Crippen LogP) is 2.16. The van der Waals surface area contributed by atoms with Gasteiger partial charge < -0.3 is 5.73 Å². The van der Waals surface area contributed by atoms with E-state index in [1.807, 2.05) is 0 Å². The van der Waals surface area contributed by atoms with Gasteiger partial charge in [-0.1, -0.05) is 26.7 Å². The fourth-order valence-electron chi connectivity index (χ4n) is 0.848. The highest BCUT2D eigenvalue weighted by atomic mass is 14.6. The van der Waals surface area contributed by atoms with Crippen molar-refractivity contribution in [3.05, 3.63) is 0 Å². The average molecular weight is 129 g/mol. The van der Waals surface area contributed by atoms with E-state index in [1.54, 1.807) is 0 Å². The van der Waals surface area contributed by atoms with E-state index < -0.39 is 0 Å². The summed E-state index contributed by atoms with van der Waals surface area (Å²) in [6, 6.07) is 0.392. The average Bonchev–Trinajstić information content (AvgIpc) is 1.63. The van der Waals surface area contributed by atoms with Crippen molar-refractivity contribution in [2.75, 3.05) is 0 Å². The van der Waals surface area contributed by atoms with Crippen molar-refractivity contribution in [1.29, 1.82) is 0 Å². The molecule has 56 valence electrons. The van der Waals surface area contributed by atoms with E-state index in [9.17, 15) is 0 Å². The Bertz CT molecular complexity index is 49.6. The molecule has 0 aliphatic heterocycles. The van der Waals surface area contributed by atoms with Gasteiger partial charge in [-0.2, -0.15) is 0 Å². The van der Waals surface area contributed by atoms with Gasteiger partial charge in [0.2, 0.25) is 0 Å². The van der Waals surface area contributed by atoms with Gasteiger partial charge in [0.25, 0.3) is 0 Å². The van der Waals surface area contributed by atoms with Crippen LogP contribution < -0.4 is 5.73 Å². The minimum absolute atomic E-state index is 0.392. The second-order valence-electron chi connectivity index (χ2n) is 3.30. The van der Waals surface area contributed by atoms with Crippen LogP contribution in [0.25, 0.3) is 0 Å². The molecule has 1 nitrogen and oxygen atoms in total. The quantitative estimate of drug-likeness (QED) is 0.618. The van der Waals surface area contributed by atoms with E-state index in [4.69, 9.17) is 5.73 Å². The summed E-state index contributed by atoms with van der Waals surface area (Å²) >= 11 is 0. The van der Waals surface area contributed by atoms with E-state index in [2.05, 4.69) is 20.8 Å². The van der Waals surface area contributed by atoms with E-state index in [1.165, 1.54) is 19.3 Å². The number of hydrogen-bond acceptors (Lipinski definition) is 1. The highest BCUT2D eigenvalue weighted by Crippen LogP contribution is 2.06. The lowest BCUT2D eigenvalue weighted by atomic mass is 10.0. The summed E-state index contributed by atoms with van der Waals surface area (Å²) in [6.07, 6.45) is 3.79. The Morgan fingerprint density at radius 2 is 1.67 bits per heavy atom. The van der Waals surface area contributed by atoms with Crippen molar-refractivity contribution in [2.45, 2.75) is 46.1 Å². The van der Waals surface area contributed by atoms with Crippen LogP contribution in [0.3, 0.4) is 0 Å². The zero-order valence-corrected chi connectivity index (χ0v) is 6.85. The van der Waals surface area contributed by atoms with Gasteiger partial charge in [-0.05, 0) is 19.3 Å². The predicted molar refractivity (Wildman–Crippen MR) is 42.3 cm³/mol. The molecule has 0 radical (unpaired) electrons. The first kappa shape index (κ1) is 8.96. The van der Waals surface area contributed by atoms with Crippen LogP contribution in [0.15, 0.2) is 0 Å². The summed E-state index contributed by atoms with van der Waals surface area (Å²) in [6.45, 7) is 6.57. The van der Waals surface area contributed by atoms with Gasteiger partial charge in [0, 0.05) is 6.04 Å². The molecule has 0 spiro atoms. The normalized spacial score (nSPS) is 14.3. The Balaban J connectivity index is 2.91. The van der Waals surface area contributed by atoms with Crippen molar-refractivity contribution in [2.24, 2.45) is 11.7 Å². The van der Waals surface area contributed by atoms with E-state index >= 15 is 0 Å². The Labute approximate surface area is 58.6 Å². The van der Waals surface area contributed by atoms with Crippen LogP contribution in [0.4, 0.5) is 0 Å². The van der Waals surface area contributed by atoms with Crippen molar-refractivity contribution in [3.8, 4) is 0 Å². The van der Waals surface area contributed by atoms with Crippen molar-refractivity contribution < 1.29 is 0 Å². The Morgan fingerprint density at radius 1 is 1.11 bits per heavy atom. The molecule has 0 amide bonds. The van der Waals surface area contributed by atoms with Crippen LogP contribution in [0.5, 0.6) is 0 Å². The second-order valence-corrected chi connectivity index (χ2v) is 3.30. The van der Waals surface area contributed by atoms with Crippen LogP contribution >= 0.6 is 0 Å². The maximum Gasteiger partial charge on any atom is 0.00104 e. The molecule has 2 N–H and O–H groups in total. The van der Waals surface area contributed by atoms with Crippen molar-refractivity contribution >= 4 is 0 Å². The minimum Gasteiger partial charge on any atom is -0.328 e. The van der Waals surface area contributed by atoms with Crippen LogP contribution in [0.1, 0.15) is 40.0 Å². The van der Waals surface area contributed by atoms with E-state index in [-0.39, 0.29) is 0 Å². The first-order chi connectivity index (χ1) is 4.13. The lowest BCUT2D eigenvalue weighted by molar-refractivity contribution is 0.511. The highest BCUT2D eigenvalue weighted by Gasteiger charge is 1.95. The smallest absolute Gasteiger partial charge is 0.00104 e. The molecule has 0 unspecified atom stereocenters. The van der Waals surface area contributed by atoms with Gasteiger partial charge in [0.15, 0.2) is 0 Å². The van der Waals surface area contributed by atoms with Crippen molar-refractivity contribution in [3.63, 3.8) is 0 Å². The van der Waals surface area contributed by atoms with E-state index in [0.29, 0.717) is 6.04 Å². The summed E-state index contributed by atoms with van der Waals surface area (Å²) in [5.41, 5.74) is 5.58. The van der Waals surface area contributed by atoms with Gasteiger partial charge in [-0.25, -0.2) is 0 Å². The molecular formula is C8H19N. The fourth-order valence-corrected chi connectivity index (χ4v) is 0.848. The van der Waals surface area contributed by atoms with E-state index in [0.717, 1.165) is 5.92 Å². The third-order valence-electron chi connectivity index (χ3n) is 1.44. The molecule has 0 aromatic rings. The first-order valence-corrected chi connectivity index (χ1v) is 3.88. The van der Waals surface area contributed by atoms with Crippen LogP contribution in [0, 0.1) is 5.92 Å². The Hall–Kier alpha value is -0.0400. The zero-order valence-electron chi connectivity index (χ0n) is 6.85. The molecule has 0 rings (SSSR count). The fraction of sp³-hybridized carbons (Fsp3) is 1.00. The van der Waals surface area contributed by atoms with Gasteiger partial charge in [0.05, 0.1) is 0 Å². The molecule has 1 heteroatoms. The zero-order chi connectivity index (χ0) is 7.28. The van der Waals surface area contributed by atoms with Gasteiger partial charge in [-0.3, -0.25) is 0 Å². The van der Waals surface area contributed by atoms with Crippen LogP contribution in [-0.4, -0.2) is 6.04 Å². The summed E-state index contributed by atoms with van der Waals surface area (Å²) in [5.74, 6) is 0.837. The summed E-state index contributed by atoms with van der Waals surface area (Å²) in [7, 11) is 0. The maximum absolute atomic E-state index is 5.58. The van der Waals surface area contributed by atoms with Crippen LogP contribution in [-0.2, 0) is 0 Å². The Morgan fingerprint density at radius 3 is 2.00 bits per heavy atom. The summed E-state index contributed by atoms with van der Waals surface area (Å²) in [4.78, 5) is 0. The molecule has 9 heavy (non-hydrogen) atoms.